The van der Waals surface area contributed by atoms with E-state index >= 15 is 0 Å². The van der Waals surface area contributed by atoms with Crippen molar-refractivity contribution in [2.75, 3.05) is 13.2 Å². The minimum atomic E-state index is -0.612. The molecular weight excluding hydrogens is 352 g/mol. The van der Waals surface area contributed by atoms with Crippen LogP contribution in [0.3, 0.4) is 0 Å². The van der Waals surface area contributed by atoms with Gasteiger partial charge in [0.1, 0.15) is 0 Å². The van der Waals surface area contributed by atoms with Gasteiger partial charge in [-0.2, -0.15) is 0 Å². The molecule has 2 rings (SSSR count). The van der Waals surface area contributed by atoms with Crippen LogP contribution in [-0.4, -0.2) is 31.1 Å². The second-order valence-electron chi connectivity index (χ2n) is 6.84. The zero-order valence-corrected chi connectivity index (χ0v) is 16.5. The Hall–Kier alpha value is -2.66. The highest BCUT2D eigenvalue weighted by atomic mass is 16.5. The summed E-state index contributed by atoms with van der Waals surface area (Å²) in [6.07, 6.45) is 3.20. The summed E-state index contributed by atoms with van der Waals surface area (Å²) in [6.45, 7) is 2.93. The molecule has 5 nitrogen and oxygen atoms in total. The number of unbranched alkanes of at least 4 members (excludes halogenated alkanes) is 1. The molecule has 150 valence electrons. The molecule has 2 aromatic carbocycles. The van der Waals surface area contributed by atoms with E-state index in [1.807, 2.05) is 49.4 Å². The van der Waals surface area contributed by atoms with Crippen LogP contribution in [0, 0.1) is 0 Å². The van der Waals surface area contributed by atoms with E-state index in [-0.39, 0.29) is 11.9 Å². The molecule has 1 atom stereocenters. The average Bonchev–Trinajstić information content (AvgIpc) is 2.72. The number of rotatable bonds is 11. The maximum atomic E-state index is 12.1. The Morgan fingerprint density at radius 3 is 2.36 bits per heavy atom. The number of nitrogens with one attached hydrogen (secondary N) is 1. The van der Waals surface area contributed by atoms with Gasteiger partial charge in [-0.1, -0.05) is 67.9 Å². The first kappa shape index (κ1) is 21.6. The molecule has 2 aromatic rings. The summed E-state index contributed by atoms with van der Waals surface area (Å²) in [6, 6.07) is 17.6. The van der Waals surface area contributed by atoms with Gasteiger partial charge in [-0.3, -0.25) is 9.59 Å². The first-order valence-corrected chi connectivity index (χ1v) is 9.93. The zero-order valence-electron chi connectivity index (χ0n) is 16.5. The molecular formula is C23H30N2O3. The maximum Gasteiger partial charge on any atom is 0.305 e. The third-order valence-electron chi connectivity index (χ3n) is 4.47. The van der Waals surface area contributed by atoms with Crippen molar-refractivity contribution in [2.45, 2.75) is 45.1 Å². The van der Waals surface area contributed by atoms with Crippen molar-refractivity contribution in [3.8, 4) is 11.1 Å². The van der Waals surface area contributed by atoms with Crippen LogP contribution in [0.4, 0.5) is 0 Å². The number of ether oxygens (including phenoxy) is 1. The summed E-state index contributed by atoms with van der Waals surface area (Å²) >= 11 is 0. The standard InChI is InChI=1S/C23H30N2O3/c1-2-3-16-28-22(26)10-7-15-25-23(27)21(24)17-18-11-13-20(14-12-18)19-8-5-4-6-9-19/h4-6,8-9,11-14,21H,2-3,7,10,15-17,24H2,1H3,(H,25,27)/t21-/m1/s1. The normalized spacial score (nSPS) is 11.6. The number of esters is 1. The highest BCUT2D eigenvalue weighted by Crippen LogP contribution is 2.19. The van der Waals surface area contributed by atoms with Crippen LogP contribution in [-0.2, 0) is 20.7 Å². The van der Waals surface area contributed by atoms with Gasteiger partial charge >= 0.3 is 5.97 Å². The van der Waals surface area contributed by atoms with Crippen molar-refractivity contribution in [3.05, 3.63) is 60.2 Å². The highest BCUT2D eigenvalue weighted by Gasteiger charge is 2.14. The largest absolute Gasteiger partial charge is 0.466 e. The van der Waals surface area contributed by atoms with Crippen LogP contribution >= 0.6 is 0 Å². The van der Waals surface area contributed by atoms with Gasteiger partial charge in [0.15, 0.2) is 0 Å². The Labute approximate surface area is 167 Å². The Kier molecular flexibility index (Phi) is 9.22. The van der Waals surface area contributed by atoms with E-state index in [1.165, 1.54) is 0 Å². The van der Waals surface area contributed by atoms with E-state index in [0.29, 0.717) is 32.4 Å². The first-order chi connectivity index (χ1) is 13.6. The van der Waals surface area contributed by atoms with E-state index < -0.39 is 6.04 Å². The van der Waals surface area contributed by atoms with Crippen LogP contribution in [0.15, 0.2) is 54.6 Å². The second kappa shape index (κ2) is 11.9. The van der Waals surface area contributed by atoms with Gasteiger partial charge in [0.05, 0.1) is 12.6 Å². The van der Waals surface area contributed by atoms with E-state index in [0.717, 1.165) is 29.5 Å². The number of amides is 1. The van der Waals surface area contributed by atoms with Gasteiger partial charge in [0.25, 0.3) is 0 Å². The fourth-order valence-corrected chi connectivity index (χ4v) is 2.79. The van der Waals surface area contributed by atoms with Crippen LogP contribution < -0.4 is 11.1 Å². The lowest BCUT2D eigenvalue weighted by Crippen LogP contribution is -2.42. The van der Waals surface area contributed by atoms with Gasteiger partial charge in [-0.05, 0) is 36.0 Å². The molecule has 0 unspecified atom stereocenters. The zero-order chi connectivity index (χ0) is 20.2. The van der Waals surface area contributed by atoms with Gasteiger partial charge in [0.2, 0.25) is 5.91 Å². The van der Waals surface area contributed by atoms with Gasteiger partial charge in [0, 0.05) is 13.0 Å². The van der Waals surface area contributed by atoms with Crippen LogP contribution in [0.5, 0.6) is 0 Å². The monoisotopic (exact) mass is 382 g/mol. The summed E-state index contributed by atoms with van der Waals surface area (Å²) in [5.41, 5.74) is 9.32. The van der Waals surface area contributed by atoms with E-state index in [2.05, 4.69) is 17.4 Å². The van der Waals surface area contributed by atoms with Crippen molar-refractivity contribution < 1.29 is 14.3 Å². The fourth-order valence-electron chi connectivity index (χ4n) is 2.79. The number of carbonyl (C=O) groups is 2. The Morgan fingerprint density at radius 2 is 1.68 bits per heavy atom. The van der Waals surface area contributed by atoms with Gasteiger partial charge in [-0.25, -0.2) is 0 Å². The van der Waals surface area contributed by atoms with Crippen LogP contribution in [0.2, 0.25) is 0 Å². The average molecular weight is 383 g/mol. The SMILES string of the molecule is CCCCOC(=O)CCCNC(=O)[C@H](N)Cc1ccc(-c2ccccc2)cc1. The van der Waals surface area contributed by atoms with Gasteiger partial charge < -0.3 is 15.8 Å². The van der Waals surface area contributed by atoms with E-state index in [1.54, 1.807) is 0 Å². The minimum absolute atomic E-state index is 0.202. The predicted molar refractivity (Wildman–Crippen MR) is 112 cm³/mol. The summed E-state index contributed by atoms with van der Waals surface area (Å²) in [5.74, 6) is -0.419. The van der Waals surface area contributed by atoms with Crippen LogP contribution in [0.25, 0.3) is 11.1 Å². The molecule has 0 fully saturated rings. The number of nitrogens with two attached hydrogens (primary N) is 1. The predicted octanol–water partition coefficient (Wildman–Crippen LogP) is 3.46. The summed E-state index contributed by atoms with van der Waals surface area (Å²) < 4.78 is 5.08. The lowest BCUT2D eigenvalue weighted by molar-refractivity contribution is -0.144. The topological polar surface area (TPSA) is 81.4 Å². The lowest BCUT2D eigenvalue weighted by atomic mass is 10.0. The fraction of sp³-hybridized carbons (Fsp3) is 0.391. The van der Waals surface area contributed by atoms with Crippen molar-refractivity contribution in [3.63, 3.8) is 0 Å². The van der Waals surface area contributed by atoms with Gasteiger partial charge in [-0.15, -0.1) is 0 Å². The molecule has 0 heterocycles. The maximum absolute atomic E-state index is 12.1. The third-order valence-corrected chi connectivity index (χ3v) is 4.47. The number of hydrogen-bond donors (Lipinski definition) is 2. The Morgan fingerprint density at radius 1 is 1.00 bits per heavy atom. The summed E-state index contributed by atoms with van der Waals surface area (Å²) in [7, 11) is 0. The molecule has 5 heteroatoms. The summed E-state index contributed by atoms with van der Waals surface area (Å²) in [5, 5.41) is 2.79. The van der Waals surface area contributed by atoms with Crippen LogP contribution in [0.1, 0.15) is 38.2 Å². The Balaban J connectivity index is 1.70. The number of benzene rings is 2. The molecule has 0 bridgehead atoms. The van der Waals surface area contributed by atoms with E-state index in [4.69, 9.17) is 10.5 Å². The smallest absolute Gasteiger partial charge is 0.305 e. The van der Waals surface area contributed by atoms with Crippen molar-refractivity contribution >= 4 is 11.9 Å². The first-order valence-electron chi connectivity index (χ1n) is 9.93. The van der Waals surface area contributed by atoms with Crippen molar-refractivity contribution in [2.24, 2.45) is 5.73 Å². The lowest BCUT2D eigenvalue weighted by Gasteiger charge is -2.13. The third kappa shape index (κ3) is 7.53. The van der Waals surface area contributed by atoms with E-state index in [9.17, 15) is 9.59 Å². The second-order valence-corrected chi connectivity index (χ2v) is 6.84. The molecule has 3 N–H and O–H groups in total. The number of carbonyl (C=O) groups excluding carboxylic acids is 2. The molecule has 0 saturated heterocycles. The molecule has 0 aliphatic carbocycles. The Bertz CT molecular complexity index is 729. The van der Waals surface area contributed by atoms with Crippen molar-refractivity contribution in [1.29, 1.82) is 0 Å². The molecule has 0 aromatic heterocycles. The molecule has 28 heavy (non-hydrogen) atoms. The summed E-state index contributed by atoms with van der Waals surface area (Å²) in [4.78, 5) is 23.6. The quantitative estimate of drug-likeness (QED) is 0.461. The minimum Gasteiger partial charge on any atom is -0.466 e. The molecule has 0 aliphatic rings. The molecule has 0 aliphatic heterocycles. The van der Waals surface area contributed by atoms with Crippen molar-refractivity contribution in [1.82, 2.24) is 5.32 Å². The molecule has 0 radical (unpaired) electrons. The number of hydrogen-bond acceptors (Lipinski definition) is 4. The highest BCUT2D eigenvalue weighted by molar-refractivity contribution is 5.81. The molecule has 1 amide bonds. The molecule has 0 spiro atoms. The molecule has 0 saturated carbocycles.